The zero-order chi connectivity index (χ0) is 18.3. The lowest BCUT2D eigenvalue weighted by atomic mass is 9.97. The van der Waals surface area contributed by atoms with Crippen LogP contribution in [0, 0.1) is 5.92 Å². The molecule has 1 aliphatic rings. The molecule has 0 heterocycles. The van der Waals surface area contributed by atoms with Gasteiger partial charge in [0.15, 0.2) is 0 Å². The second-order valence-corrected chi connectivity index (χ2v) is 8.71. The van der Waals surface area contributed by atoms with Gasteiger partial charge in [0.1, 0.15) is 0 Å². The number of hydrogen-bond acceptors (Lipinski definition) is 4. The molecule has 140 valence electrons. The standard InChI is InChI=1S/C17H23ClFNO4S/c18-17(19,24-13-12-14-8-4-1-2-5-9-14)25(22,23)20-16(21)15-10-6-3-7-11-15/h3,6-7,10-11,14H,1-2,4-5,8-9,12-13H2,(H,20,21). The van der Waals surface area contributed by atoms with E-state index in [1.807, 2.05) is 0 Å². The highest BCUT2D eigenvalue weighted by molar-refractivity contribution is 7.92. The summed E-state index contributed by atoms with van der Waals surface area (Å²) in [6.07, 6.45) is 7.24. The molecule has 1 N–H and O–H groups in total. The van der Waals surface area contributed by atoms with Gasteiger partial charge < -0.3 is 4.74 Å². The van der Waals surface area contributed by atoms with Crippen molar-refractivity contribution in [2.45, 2.75) is 49.6 Å². The van der Waals surface area contributed by atoms with Crippen LogP contribution in [0.15, 0.2) is 30.3 Å². The molecule has 1 atom stereocenters. The molecule has 5 nitrogen and oxygen atoms in total. The molecule has 1 aromatic rings. The number of carbonyl (C=O) groups is 1. The Balaban J connectivity index is 1.89. The summed E-state index contributed by atoms with van der Waals surface area (Å²) in [5.74, 6) is -0.577. The largest absolute Gasteiger partial charge is 0.409 e. The number of rotatable bonds is 7. The van der Waals surface area contributed by atoms with Crippen LogP contribution >= 0.6 is 11.6 Å². The average Bonchev–Trinajstić information content (AvgIpc) is 2.84. The average molecular weight is 392 g/mol. The van der Waals surface area contributed by atoms with E-state index in [0.717, 1.165) is 25.7 Å². The quantitative estimate of drug-likeness (QED) is 0.564. The van der Waals surface area contributed by atoms with E-state index >= 15 is 0 Å². The van der Waals surface area contributed by atoms with Crippen molar-refractivity contribution in [2.24, 2.45) is 5.92 Å². The molecule has 1 unspecified atom stereocenters. The first-order valence-corrected chi connectivity index (χ1v) is 10.3. The van der Waals surface area contributed by atoms with E-state index in [0.29, 0.717) is 12.3 Å². The first-order chi connectivity index (χ1) is 11.8. The van der Waals surface area contributed by atoms with Gasteiger partial charge in [0.2, 0.25) is 0 Å². The number of alkyl halides is 2. The first kappa shape index (κ1) is 20.1. The minimum Gasteiger partial charge on any atom is -0.320 e. The molecule has 0 aliphatic heterocycles. The third kappa shape index (κ3) is 5.94. The van der Waals surface area contributed by atoms with E-state index in [1.54, 1.807) is 22.9 Å². The van der Waals surface area contributed by atoms with Gasteiger partial charge in [-0.1, -0.05) is 56.7 Å². The number of hydrogen-bond donors (Lipinski definition) is 1. The summed E-state index contributed by atoms with van der Waals surface area (Å²) in [4.78, 5) is 11.9. The molecule has 0 radical (unpaired) electrons. The smallest absolute Gasteiger partial charge is 0.320 e. The van der Waals surface area contributed by atoms with Crippen LogP contribution in [-0.2, 0) is 14.8 Å². The van der Waals surface area contributed by atoms with Crippen LogP contribution in [0.25, 0.3) is 0 Å². The van der Waals surface area contributed by atoms with Crippen LogP contribution in [0.1, 0.15) is 55.3 Å². The van der Waals surface area contributed by atoms with Gasteiger partial charge in [-0.3, -0.25) is 4.79 Å². The molecule has 1 fully saturated rings. The van der Waals surface area contributed by atoms with Gasteiger partial charge in [-0.2, -0.15) is 12.8 Å². The lowest BCUT2D eigenvalue weighted by Gasteiger charge is -2.21. The monoisotopic (exact) mass is 391 g/mol. The minimum absolute atomic E-state index is 0.0806. The van der Waals surface area contributed by atoms with E-state index in [4.69, 9.17) is 16.3 Å². The summed E-state index contributed by atoms with van der Waals surface area (Å²) in [7, 11) is -4.84. The highest BCUT2D eigenvalue weighted by Crippen LogP contribution is 2.29. The van der Waals surface area contributed by atoms with E-state index in [2.05, 4.69) is 0 Å². The van der Waals surface area contributed by atoms with Crippen LogP contribution < -0.4 is 4.72 Å². The van der Waals surface area contributed by atoms with Crippen molar-refractivity contribution in [2.75, 3.05) is 6.61 Å². The summed E-state index contributed by atoms with van der Waals surface area (Å²) in [5.41, 5.74) is 0.0806. The zero-order valence-corrected chi connectivity index (χ0v) is 15.5. The molecule has 25 heavy (non-hydrogen) atoms. The Labute approximate surface area is 152 Å². The van der Waals surface area contributed by atoms with Crippen molar-refractivity contribution in [1.29, 1.82) is 0 Å². The SMILES string of the molecule is O=C(NS(=O)(=O)C(F)(Cl)OCCC1CCCCCC1)c1ccccc1. The molecule has 0 spiro atoms. The Morgan fingerprint density at radius 1 is 1.20 bits per heavy atom. The van der Waals surface area contributed by atoms with Gasteiger partial charge in [-0.15, -0.1) is 0 Å². The van der Waals surface area contributed by atoms with Gasteiger partial charge in [0.05, 0.1) is 6.61 Å². The molecule has 2 rings (SSSR count). The summed E-state index contributed by atoms with van der Waals surface area (Å²) in [6, 6.07) is 7.61. The second-order valence-electron chi connectivity index (χ2n) is 6.26. The molecule has 0 saturated heterocycles. The van der Waals surface area contributed by atoms with Crippen molar-refractivity contribution < 1.29 is 22.3 Å². The fraction of sp³-hybridized carbons (Fsp3) is 0.588. The van der Waals surface area contributed by atoms with E-state index in [-0.39, 0.29) is 12.2 Å². The fourth-order valence-electron chi connectivity index (χ4n) is 2.90. The van der Waals surface area contributed by atoms with Crippen LogP contribution in [0.5, 0.6) is 0 Å². The number of benzene rings is 1. The maximum absolute atomic E-state index is 14.3. The van der Waals surface area contributed by atoms with Gasteiger partial charge in [-0.25, -0.2) is 4.72 Å². The Morgan fingerprint density at radius 3 is 2.40 bits per heavy atom. The van der Waals surface area contributed by atoms with Crippen molar-refractivity contribution in [3.63, 3.8) is 0 Å². The van der Waals surface area contributed by atoms with Crippen molar-refractivity contribution in [3.8, 4) is 0 Å². The molecule has 1 aliphatic carbocycles. The van der Waals surface area contributed by atoms with Crippen LogP contribution in [0.3, 0.4) is 0 Å². The minimum atomic E-state index is -4.84. The predicted octanol–water partition coefficient (Wildman–Crippen LogP) is 3.94. The topological polar surface area (TPSA) is 72.5 Å². The van der Waals surface area contributed by atoms with Crippen molar-refractivity contribution >= 4 is 27.5 Å². The van der Waals surface area contributed by atoms with Crippen molar-refractivity contribution in [1.82, 2.24) is 4.72 Å². The van der Waals surface area contributed by atoms with Gasteiger partial charge >= 0.3 is 14.7 Å². The van der Waals surface area contributed by atoms with Gasteiger partial charge in [0.25, 0.3) is 5.91 Å². The van der Waals surface area contributed by atoms with E-state index in [9.17, 15) is 17.6 Å². The molecule has 1 amide bonds. The van der Waals surface area contributed by atoms with Crippen LogP contribution in [0.2, 0.25) is 0 Å². The Bertz CT molecular complexity index is 658. The summed E-state index contributed by atoms with van der Waals surface area (Å²) in [5, 5.41) is 0. The highest BCUT2D eigenvalue weighted by Gasteiger charge is 2.45. The van der Waals surface area contributed by atoms with Gasteiger partial charge in [0, 0.05) is 5.56 Å². The van der Waals surface area contributed by atoms with Crippen LogP contribution in [0.4, 0.5) is 4.39 Å². The lowest BCUT2D eigenvalue weighted by molar-refractivity contribution is -0.0205. The molecular formula is C17H23ClFNO4S. The third-order valence-electron chi connectivity index (χ3n) is 4.35. The second kappa shape index (κ2) is 8.96. The number of ether oxygens (including phenoxy) is 1. The molecular weight excluding hydrogens is 369 g/mol. The Morgan fingerprint density at radius 2 is 1.80 bits per heavy atom. The number of carbonyl (C=O) groups excluding carboxylic acids is 1. The zero-order valence-electron chi connectivity index (χ0n) is 13.9. The summed E-state index contributed by atoms with van der Waals surface area (Å²) in [6.45, 7) is -0.120. The van der Waals surface area contributed by atoms with Crippen molar-refractivity contribution in [3.05, 3.63) is 35.9 Å². The highest BCUT2D eigenvalue weighted by atomic mass is 35.5. The molecule has 0 bridgehead atoms. The fourth-order valence-corrected chi connectivity index (χ4v) is 3.82. The normalized spacial score (nSPS) is 19.0. The van der Waals surface area contributed by atoms with Crippen LogP contribution in [-0.4, -0.2) is 25.6 Å². The maximum Gasteiger partial charge on any atom is 0.409 e. The number of amides is 1. The predicted molar refractivity (Wildman–Crippen MR) is 94.3 cm³/mol. The molecule has 0 aromatic heterocycles. The Hall–Kier alpha value is -1.18. The lowest BCUT2D eigenvalue weighted by Crippen LogP contribution is -2.44. The summed E-state index contributed by atoms with van der Waals surface area (Å²) < 4.78 is 41.2. The number of halogens is 2. The number of sulfonamides is 1. The van der Waals surface area contributed by atoms with Gasteiger partial charge in [-0.05, 0) is 36.1 Å². The number of nitrogens with one attached hydrogen (secondary N) is 1. The van der Waals surface area contributed by atoms with E-state index < -0.39 is 20.6 Å². The molecule has 8 heteroatoms. The summed E-state index contributed by atoms with van der Waals surface area (Å²) >= 11 is 5.42. The first-order valence-electron chi connectivity index (χ1n) is 8.45. The molecule has 1 saturated carbocycles. The molecule has 1 aromatic carbocycles. The Kier molecular flexibility index (Phi) is 7.22. The third-order valence-corrected chi connectivity index (χ3v) is 6.26. The maximum atomic E-state index is 14.3. The van der Waals surface area contributed by atoms with E-state index in [1.165, 1.54) is 25.0 Å².